The molecule has 112 valence electrons. The first-order chi connectivity index (χ1) is 10.7. The highest BCUT2D eigenvalue weighted by molar-refractivity contribution is 5.73. The Bertz CT molecular complexity index is 819. The van der Waals surface area contributed by atoms with E-state index in [2.05, 4.69) is 57.6 Å². The summed E-state index contributed by atoms with van der Waals surface area (Å²) in [6.45, 7) is 4.30. The van der Waals surface area contributed by atoms with Gasteiger partial charge in [-0.25, -0.2) is 15.0 Å². The average molecular weight is 292 g/mol. The molecule has 22 heavy (non-hydrogen) atoms. The highest BCUT2D eigenvalue weighted by Crippen LogP contribution is 2.35. The molecule has 2 aromatic heterocycles. The molecule has 0 saturated heterocycles. The monoisotopic (exact) mass is 292 g/mol. The van der Waals surface area contributed by atoms with Gasteiger partial charge in [0.05, 0.1) is 12.0 Å². The predicted octanol–water partition coefficient (Wildman–Crippen LogP) is 3.68. The van der Waals surface area contributed by atoms with E-state index in [1.807, 2.05) is 6.33 Å². The van der Waals surface area contributed by atoms with Crippen molar-refractivity contribution in [2.75, 3.05) is 0 Å². The molecule has 0 radical (unpaired) electrons. The fourth-order valence-corrected chi connectivity index (χ4v) is 3.52. The summed E-state index contributed by atoms with van der Waals surface area (Å²) in [5, 5.41) is 0. The zero-order valence-electron chi connectivity index (χ0n) is 13.0. The van der Waals surface area contributed by atoms with E-state index in [1.54, 1.807) is 6.33 Å². The van der Waals surface area contributed by atoms with Crippen molar-refractivity contribution < 1.29 is 0 Å². The first-order valence-electron chi connectivity index (χ1n) is 7.98. The summed E-state index contributed by atoms with van der Waals surface area (Å²) >= 11 is 0. The number of hydrogen-bond donors (Lipinski definition) is 0. The van der Waals surface area contributed by atoms with Crippen LogP contribution in [0.5, 0.6) is 0 Å². The van der Waals surface area contributed by atoms with Crippen molar-refractivity contribution in [3.63, 3.8) is 0 Å². The Morgan fingerprint density at radius 3 is 2.91 bits per heavy atom. The topological polar surface area (TPSA) is 43.6 Å². The van der Waals surface area contributed by atoms with Crippen molar-refractivity contribution >= 4 is 11.2 Å². The van der Waals surface area contributed by atoms with E-state index in [0.29, 0.717) is 12.0 Å². The van der Waals surface area contributed by atoms with E-state index in [9.17, 15) is 0 Å². The molecular weight excluding hydrogens is 272 g/mol. The molecule has 3 aromatic rings. The Kier molecular flexibility index (Phi) is 3.17. The molecular formula is C18H20N4. The zero-order chi connectivity index (χ0) is 15.1. The van der Waals surface area contributed by atoms with E-state index in [1.165, 1.54) is 24.0 Å². The van der Waals surface area contributed by atoms with Crippen LogP contribution in [-0.4, -0.2) is 19.5 Å². The van der Waals surface area contributed by atoms with Gasteiger partial charge in [0, 0.05) is 6.04 Å². The number of rotatable bonds is 3. The lowest BCUT2D eigenvalue weighted by molar-refractivity contribution is 0.612. The molecule has 4 rings (SSSR count). The summed E-state index contributed by atoms with van der Waals surface area (Å²) in [6, 6.07) is 9.14. The van der Waals surface area contributed by atoms with Gasteiger partial charge in [-0.15, -0.1) is 0 Å². The van der Waals surface area contributed by atoms with Gasteiger partial charge in [-0.05, 0) is 50.2 Å². The van der Waals surface area contributed by atoms with Gasteiger partial charge >= 0.3 is 0 Å². The van der Waals surface area contributed by atoms with Crippen LogP contribution in [0.3, 0.4) is 0 Å². The molecule has 0 aliphatic heterocycles. The third-order valence-corrected chi connectivity index (χ3v) is 4.69. The summed E-state index contributed by atoms with van der Waals surface area (Å²) < 4.78 is 2.11. The number of nitrogens with zero attached hydrogens (tertiary/aromatic N) is 4. The average Bonchev–Trinajstić information content (AvgIpc) is 3.12. The van der Waals surface area contributed by atoms with Crippen LogP contribution in [0.25, 0.3) is 11.2 Å². The van der Waals surface area contributed by atoms with Gasteiger partial charge in [-0.2, -0.15) is 0 Å². The van der Waals surface area contributed by atoms with Gasteiger partial charge in [0.15, 0.2) is 5.65 Å². The van der Waals surface area contributed by atoms with Crippen LogP contribution < -0.4 is 0 Å². The third kappa shape index (κ3) is 2.10. The Morgan fingerprint density at radius 1 is 1.18 bits per heavy atom. The van der Waals surface area contributed by atoms with E-state index >= 15 is 0 Å². The maximum absolute atomic E-state index is 4.58. The number of hydrogen-bond acceptors (Lipinski definition) is 3. The summed E-state index contributed by atoms with van der Waals surface area (Å²) in [6.07, 6.45) is 6.89. The van der Waals surface area contributed by atoms with Crippen molar-refractivity contribution in [1.29, 1.82) is 0 Å². The molecule has 4 nitrogen and oxygen atoms in total. The van der Waals surface area contributed by atoms with Gasteiger partial charge in [-0.1, -0.05) is 24.3 Å². The third-order valence-electron chi connectivity index (χ3n) is 4.69. The second-order valence-electron chi connectivity index (χ2n) is 6.38. The fourth-order valence-electron chi connectivity index (χ4n) is 3.52. The molecule has 0 bridgehead atoms. The van der Waals surface area contributed by atoms with Gasteiger partial charge in [0.1, 0.15) is 11.8 Å². The van der Waals surface area contributed by atoms with Crippen LogP contribution in [0.4, 0.5) is 0 Å². The summed E-state index contributed by atoms with van der Waals surface area (Å²) in [5.41, 5.74) is 5.96. The number of imidazole rings is 1. The van der Waals surface area contributed by atoms with Crippen molar-refractivity contribution in [3.8, 4) is 0 Å². The SMILES string of the molecule is CC(C)n1cnc2c(C[C@H]3CCc4ccccc43)ncnc21. The lowest BCUT2D eigenvalue weighted by Crippen LogP contribution is -2.04. The summed E-state index contributed by atoms with van der Waals surface area (Å²) in [5.74, 6) is 0.554. The molecule has 1 aliphatic carbocycles. The molecule has 0 N–H and O–H groups in total. The molecule has 0 unspecified atom stereocenters. The summed E-state index contributed by atoms with van der Waals surface area (Å²) in [4.78, 5) is 13.5. The lowest BCUT2D eigenvalue weighted by Gasteiger charge is -2.12. The zero-order valence-corrected chi connectivity index (χ0v) is 13.0. The van der Waals surface area contributed by atoms with Crippen molar-refractivity contribution in [2.24, 2.45) is 0 Å². The fraction of sp³-hybridized carbons (Fsp3) is 0.389. The van der Waals surface area contributed by atoms with Crippen LogP contribution in [0.15, 0.2) is 36.9 Å². The first-order valence-corrected chi connectivity index (χ1v) is 7.98. The van der Waals surface area contributed by atoms with E-state index in [0.717, 1.165) is 23.3 Å². The van der Waals surface area contributed by atoms with E-state index < -0.39 is 0 Å². The van der Waals surface area contributed by atoms with Crippen molar-refractivity contribution in [2.45, 2.75) is 45.1 Å². The van der Waals surface area contributed by atoms with Crippen LogP contribution in [0.1, 0.15) is 49.0 Å². The Balaban J connectivity index is 1.71. The minimum Gasteiger partial charge on any atom is -0.313 e. The molecule has 1 aromatic carbocycles. The summed E-state index contributed by atoms with van der Waals surface area (Å²) in [7, 11) is 0. The lowest BCUT2D eigenvalue weighted by atomic mass is 9.96. The van der Waals surface area contributed by atoms with Gasteiger partial charge in [0.2, 0.25) is 0 Å². The highest BCUT2D eigenvalue weighted by atomic mass is 15.1. The molecule has 0 spiro atoms. The van der Waals surface area contributed by atoms with Gasteiger partial charge in [-0.3, -0.25) is 0 Å². The second kappa shape index (κ2) is 5.20. The number of fused-ring (bicyclic) bond motifs is 2. The standard InChI is InChI=1S/C18H20N4/c1-12(2)22-11-21-17-16(19-10-20-18(17)22)9-14-8-7-13-5-3-4-6-15(13)14/h3-6,10-12,14H,7-9H2,1-2H3/t14-/m1/s1. The molecule has 0 fully saturated rings. The van der Waals surface area contributed by atoms with Crippen LogP contribution in [0, 0.1) is 0 Å². The second-order valence-corrected chi connectivity index (χ2v) is 6.38. The maximum Gasteiger partial charge on any atom is 0.163 e. The van der Waals surface area contributed by atoms with Crippen molar-refractivity contribution in [3.05, 3.63) is 53.7 Å². The highest BCUT2D eigenvalue weighted by Gasteiger charge is 2.24. The Labute approximate surface area is 130 Å². The quantitative estimate of drug-likeness (QED) is 0.739. The Morgan fingerprint density at radius 2 is 2.05 bits per heavy atom. The molecule has 1 aliphatic rings. The maximum atomic E-state index is 4.58. The molecule has 2 heterocycles. The number of benzene rings is 1. The van der Waals surface area contributed by atoms with Crippen molar-refractivity contribution in [1.82, 2.24) is 19.5 Å². The van der Waals surface area contributed by atoms with Crippen LogP contribution in [0.2, 0.25) is 0 Å². The number of aromatic nitrogens is 4. The van der Waals surface area contributed by atoms with Gasteiger partial charge < -0.3 is 4.57 Å². The predicted molar refractivity (Wildman–Crippen MR) is 86.9 cm³/mol. The van der Waals surface area contributed by atoms with Crippen LogP contribution >= 0.6 is 0 Å². The minimum atomic E-state index is 0.361. The molecule has 1 atom stereocenters. The van der Waals surface area contributed by atoms with E-state index in [-0.39, 0.29) is 0 Å². The molecule has 0 amide bonds. The number of aryl methyl sites for hydroxylation is 1. The molecule has 4 heteroatoms. The van der Waals surface area contributed by atoms with Crippen LogP contribution in [-0.2, 0) is 12.8 Å². The normalized spacial score (nSPS) is 17.3. The van der Waals surface area contributed by atoms with Gasteiger partial charge in [0.25, 0.3) is 0 Å². The molecule has 0 saturated carbocycles. The largest absolute Gasteiger partial charge is 0.313 e. The smallest absolute Gasteiger partial charge is 0.163 e. The Hall–Kier alpha value is -2.23. The van der Waals surface area contributed by atoms with E-state index in [4.69, 9.17) is 0 Å². The first kappa shape index (κ1) is 13.4. The minimum absolute atomic E-state index is 0.361.